The van der Waals surface area contributed by atoms with Crippen LogP contribution in [0.5, 0.6) is 0 Å². The Bertz CT molecular complexity index is 639. The largest absolute Gasteiger partial charge is 0.305 e. The van der Waals surface area contributed by atoms with E-state index in [0.29, 0.717) is 5.70 Å². The van der Waals surface area contributed by atoms with Gasteiger partial charge >= 0.3 is 0 Å². The zero-order chi connectivity index (χ0) is 13.9. The lowest BCUT2D eigenvalue weighted by molar-refractivity contribution is -0.123. The summed E-state index contributed by atoms with van der Waals surface area (Å²) in [6.45, 7) is 0. The fourth-order valence-electron chi connectivity index (χ4n) is 2.15. The van der Waals surface area contributed by atoms with Crippen LogP contribution in [0.3, 0.4) is 0 Å². The number of imide groups is 1. The van der Waals surface area contributed by atoms with Gasteiger partial charge in [-0.15, -0.1) is 0 Å². The van der Waals surface area contributed by atoms with Crippen LogP contribution >= 0.6 is 0 Å². The number of para-hydroxylation sites is 2. The molecule has 4 nitrogen and oxygen atoms in total. The van der Waals surface area contributed by atoms with Gasteiger partial charge in [0.1, 0.15) is 5.70 Å². The molecule has 0 bridgehead atoms. The predicted octanol–water partition coefficient (Wildman–Crippen LogP) is 2.36. The smallest absolute Gasteiger partial charge is 0.275 e. The van der Waals surface area contributed by atoms with E-state index in [1.54, 1.807) is 4.90 Å². The fourth-order valence-corrected chi connectivity index (χ4v) is 2.15. The van der Waals surface area contributed by atoms with Crippen LogP contribution in [0.2, 0.25) is 0 Å². The first-order valence-electron chi connectivity index (χ1n) is 6.23. The lowest BCUT2D eigenvalue weighted by Gasteiger charge is -2.24. The van der Waals surface area contributed by atoms with Crippen molar-refractivity contribution in [3.05, 3.63) is 72.4 Å². The molecule has 4 heteroatoms. The highest BCUT2D eigenvalue weighted by Crippen LogP contribution is 2.30. The summed E-state index contributed by atoms with van der Waals surface area (Å²) in [5.41, 5.74) is 1.98. The van der Waals surface area contributed by atoms with Crippen molar-refractivity contribution >= 4 is 23.2 Å². The summed E-state index contributed by atoms with van der Waals surface area (Å²) in [6, 6.07) is 18.9. The molecule has 98 valence electrons. The second kappa shape index (κ2) is 5.01. The average Bonchev–Trinajstić information content (AvgIpc) is 2.80. The summed E-state index contributed by atoms with van der Waals surface area (Å²) in [5.74, 6) is -0.774. The summed E-state index contributed by atoms with van der Waals surface area (Å²) in [6.07, 6.45) is 1.32. The number of carbonyl (C=O) groups excluding carboxylic acids is 2. The molecular weight excluding hydrogens is 252 g/mol. The molecule has 0 unspecified atom stereocenters. The van der Waals surface area contributed by atoms with E-state index in [9.17, 15) is 9.59 Å². The second-order valence-electron chi connectivity index (χ2n) is 4.35. The van der Waals surface area contributed by atoms with Crippen molar-refractivity contribution in [2.24, 2.45) is 0 Å². The standard InChI is InChI=1S/C16H12N2O2/c19-15-11-14(16(20)17-15)18(12-7-3-1-4-8-12)13-9-5-2-6-10-13/h1-11H,(H,17,19,20). The Morgan fingerprint density at radius 2 is 1.25 bits per heavy atom. The third-order valence-electron chi connectivity index (χ3n) is 3.01. The van der Waals surface area contributed by atoms with Crippen molar-refractivity contribution in [2.45, 2.75) is 0 Å². The van der Waals surface area contributed by atoms with Crippen LogP contribution in [0.1, 0.15) is 0 Å². The van der Waals surface area contributed by atoms with Gasteiger partial charge in [-0.25, -0.2) is 0 Å². The molecule has 0 saturated heterocycles. The molecule has 0 spiro atoms. The summed E-state index contributed by atoms with van der Waals surface area (Å²) in [4.78, 5) is 25.1. The number of anilines is 2. The van der Waals surface area contributed by atoms with Gasteiger partial charge in [-0.05, 0) is 24.3 Å². The van der Waals surface area contributed by atoms with Gasteiger partial charge in [0.25, 0.3) is 11.8 Å². The SMILES string of the molecule is O=C1C=C(N(c2ccccc2)c2ccccc2)C(=O)N1. The van der Waals surface area contributed by atoms with E-state index < -0.39 is 0 Å². The number of benzene rings is 2. The molecular formula is C16H12N2O2. The third kappa shape index (κ3) is 2.19. The number of amides is 2. The van der Waals surface area contributed by atoms with Crippen molar-refractivity contribution in [2.75, 3.05) is 4.90 Å². The van der Waals surface area contributed by atoms with Crippen LogP contribution in [0.15, 0.2) is 72.4 Å². The van der Waals surface area contributed by atoms with E-state index in [-0.39, 0.29) is 11.8 Å². The van der Waals surface area contributed by atoms with E-state index in [1.165, 1.54) is 6.08 Å². The van der Waals surface area contributed by atoms with Gasteiger partial charge in [-0.1, -0.05) is 36.4 Å². The van der Waals surface area contributed by atoms with Gasteiger partial charge in [0, 0.05) is 17.5 Å². The molecule has 0 aliphatic carbocycles. The Balaban J connectivity index is 2.12. The quantitative estimate of drug-likeness (QED) is 0.866. The monoisotopic (exact) mass is 264 g/mol. The van der Waals surface area contributed by atoms with Crippen molar-refractivity contribution in [1.82, 2.24) is 5.32 Å². The van der Waals surface area contributed by atoms with Crippen molar-refractivity contribution in [3.63, 3.8) is 0 Å². The minimum absolute atomic E-state index is 0.326. The van der Waals surface area contributed by atoms with Crippen molar-refractivity contribution in [3.8, 4) is 0 Å². The molecule has 0 fully saturated rings. The van der Waals surface area contributed by atoms with E-state index >= 15 is 0 Å². The van der Waals surface area contributed by atoms with Gasteiger partial charge in [-0.3, -0.25) is 14.9 Å². The van der Waals surface area contributed by atoms with Gasteiger partial charge in [0.2, 0.25) is 0 Å². The second-order valence-corrected chi connectivity index (χ2v) is 4.35. The van der Waals surface area contributed by atoms with Gasteiger partial charge < -0.3 is 4.90 Å². The Kier molecular flexibility index (Phi) is 3.05. The zero-order valence-corrected chi connectivity index (χ0v) is 10.6. The van der Waals surface area contributed by atoms with Crippen LogP contribution in [0, 0.1) is 0 Å². The number of hydrogen-bond acceptors (Lipinski definition) is 3. The maximum absolute atomic E-state index is 11.9. The van der Waals surface area contributed by atoms with E-state index in [1.807, 2.05) is 60.7 Å². The highest BCUT2D eigenvalue weighted by atomic mass is 16.2. The van der Waals surface area contributed by atoms with Crippen LogP contribution in [0.25, 0.3) is 0 Å². The molecule has 0 aromatic heterocycles. The molecule has 2 aromatic carbocycles. The average molecular weight is 264 g/mol. The Hall–Kier alpha value is -2.88. The number of nitrogens with one attached hydrogen (secondary N) is 1. The first-order chi connectivity index (χ1) is 9.75. The maximum Gasteiger partial charge on any atom is 0.275 e. The van der Waals surface area contributed by atoms with Gasteiger partial charge in [-0.2, -0.15) is 0 Å². The first-order valence-corrected chi connectivity index (χ1v) is 6.23. The van der Waals surface area contributed by atoms with E-state index in [4.69, 9.17) is 0 Å². The Morgan fingerprint density at radius 1 is 0.750 bits per heavy atom. The minimum Gasteiger partial charge on any atom is -0.305 e. The normalized spacial score (nSPS) is 13.9. The molecule has 1 N–H and O–H groups in total. The molecule has 1 aliphatic heterocycles. The molecule has 3 rings (SSSR count). The molecule has 1 aliphatic rings. The first kappa shape index (κ1) is 12.2. The fraction of sp³-hybridized carbons (Fsp3) is 0. The van der Waals surface area contributed by atoms with Gasteiger partial charge in [0.05, 0.1) is 0 Å². The van der Waals surface area contributed by atoms with Crippen LogP contribution in [0.4, 0.5) is 11.4 Å². The highest BCUT2D eigenvalue weighted by Gasteiger charge is 2.27. The summed E-state index contributed by atoms with van der Waals surface area (Å²) >= 11 is 0. The molecule has 2 amide bonds. The summed E-state index contributed by atoms with van der Waals surface area (Å²) in [5, 5.41) is 2.27. The highest BCUT2D eigenvalue weighted by molar-refractivity contribution is 6.18. The van der Waals surface area contributed by atoms with E-state index in [0.717, 1.165) is 11.4 Å². The van der Waals surface area contributed by atoms with Crippen LogP contribution in [-0.2, 0) is 9.59 Å². The van der Waals surface area contributed by atoms with Crippen molar-refractivity contribution < 1.29 is 9.59 Å². The zero-order valence-electron chi connectivity index (χ0n) is 10.6. The predicted molar refractivity (Wildman–Crippen MR) is 76.3 cm³/mol. The van der Waals surface area contributed by atoms with Gasteiger partial charge in [0.15, 0.2) is 0 Å². The topological polar surface area (TPSA) is 49.4 Å². The maximum atomic E-state index is 11.9. The summed E-state index contributed by atoms with van der Waals surface area (Å²) in [7, 11) is 0. The molecule has 0 atom stereocenters. The number of carbonyl (C=O) groups is 2. The molecule has 1 heterocycles. The minimum atomic E-state index is -0.387. The lowest BCUT2D eigenvalue weighted by atomic mass is 10.2. The third-order valence-corrected chi connectivity index (χ3v) is 3.01. The molecule has 2 aromatic rings. The Morgan fingerprint density at radius 3 is 1.65 bits per heavy atom. The number of rotatable bonds is 3. The van der Waals surface area contributed by atoms with E-state index in [2.05, 4.69) is 5.32 Å². The molecule has 0 saturated carbocycles. The molecule has 20 heavy (non-hydrogen) atoms. The summed E-state index contributed by atoms with van der Waals surface area (Å²) < 4.78 is 0. The molecule has 0 radical (unpaired) electrons. The number of nitrogens with zero attached hydrogens (tertiary/aromatic N) is 1. The van der Waals surface area contributed by atoms with Crippen molar-refractivity contribution in [1.29, 1.82) is 0 Å². The number of hydrogen-bond donors (Lipinski definition) is 1. The lowest BCUT2D eigenvalue weighted by Crippen LogP contribution is -2.28. The van der Waals surface area contributed by atoms with Crippen LogP contribution < -0.4 is 10.2 Å². The van der Waals surface area contributed by atoms with Crippen LogP contribution in [-0.4, -0.2) is 11.8 Å². The Labute approximate surface area is 116 Å².